The zero-order chi connectivity index (χ0) is 48.1. The highest BCUT2D eigenvalue weighted by atomic mass is 16.6. The van der Waals surface area contributed by atoms with E-state index in [-0.39, 0.29) is 62.8 Å². The lowest BCUT2D eigenvalue weighted by molar-refractivity contribution is 0.0186. The summed E-state index contributed by atoms with van der Waals surface area (Å²) in [4.78, 5) is 25.7. The number of hydrogen-bond donors (Lipinski definition) is 2. The minimum atomic E-state index is -0.904. The molecule has 0 spiro atoms. The van der Waals surface area contributed by atoms with Crippen LogP contribution < -0.4 is 28.4 Å². The van der Waals surface area contributed by atoms with Crippen molar-refractivity contribution in [2.45, 2.75) is 99.8 Å². The molecule has 4 fully saturated rings. The number of carbonyl (C=O) groups is 2. The molecule has 2 saturated carbocycles. The van der Waals surface area contributed by atoms with Crippen molar-refractivity contribution >= 4 is 11.9 Å². The largest absolute Gasteiger partial charge is 0.491 e. The summed E-state index contributed by atoms with van der Waals surface area (Å²) in [5.41, 5.74) is 3.45. The molecule has 14 heteroatoms. The molecular weight excluding hydrogens is 897 g/mol. The van der Waals surface area contributed by atoms with Gasteiger partial charge in [0.25, 0.3) is 0 Å². The smallest absolute Gasteiger partial charge is 0.338 e. The third-order valence-corrected chi connectivity index (χ3v) is 13.0. The van der Waals surface area contributed by atoms with Crippen LogP contribution in [-0.2, 0) is 18.9 Å². The van der Waals surface area contributed by atoms with E-state index in [1.54, 1.807) is 72.8 Å². The van der Waals surface area contributed by atoms with Gasteiger partial charge >= 0.3 is 11.9 Å². The molecule has 9 rings (SSSR count). The van der Waals surface area contributed by atoms with Gasteiger partial charge in [0.2, 0.25) is 0 Å². The lowest BCUT2D eigenvalue weighted by atomic mass is 9.83. The van der Waals surface area contributed by atoms with Crippen molar-refractivity contribution in [1.29, 1.82) is 0 Å². The summed E-state index contributed by atoms with van der Waals surface area (Å²) in [7, 11) is 0. The summed E-state index contributed by atoms with van der Waals surface area (Å²) in [5.74, 6) is 3.94. The highest BCUT2D eigenvalue weighted by Gasteiger charge is 2.28. The van der Waals surface area contributed by atoms with E-state index in [0.717, 1.165) is 70.3 Å². The van der Waals surface area contributed by atoms with E-state index in [1.165, 1.54) is 11.1 Å². The predicted octanol–water partition coefficient (Wildman–Crippen LogP) is 8.65. The molecular formula is C56H62O14. The van der Waals surface area contributed by atoms with Gasteiger partial charge < -0.3 is 57.6 Å². The summed E-state index contributed by atoms with van der Waals surface area (Å²) in [5, 5.41) is 21.1. The number of esters is 2. The summed E-state index contributed by atoms with van der Waals surface area (Å²) in [6, 6.07) is 36.9. The minimum Gasteiger partial charge on any atom is -0.491 e. The van der Waals surface area contributed by atoms with Gasteiger partial charge in [-0.2, -0.15) is 0 Å². The van der Waals surface area contributed by atoms with Gasteiger partial charge in [0.15, 0.2) is 0 Å². The van der Waals surface area contributed by atoms with Crippen molar-refractivity contribution < 1.29 is 67.2 Å². The Morgan fingerprint density at radius 3 is 0.986 bits per heavy atom. The highest BCUT2D eigenvalue weighted by molar-refractivity contribution is 5.90. The molecule has 4 aliphatic rings. The number of carbonyl (C=O) groups excluding carboxylic acids is 2. The monoisotopic (exact) mass is 958 g/mol. The van der Waals surface area contributed by atoms with Crippen LogP contribution in [0.2, 0.25) is 0 Å². The van der Waals surface area contributed by atoms with Crippen molar-refractivity contribution in [2.24, 2.45) is 0 Å². The van der Waals surface area contributed by atoms with E-state index in [0.29, 0.717) is 64.9 Å². The number of epoxide rings is 2. The van der Waals surface area contributed by atoms with Crippen LogP contribution >= 0.6 is 0 Å². The van der Waals surface area contributed by atoms with E-state index >= 15 is 0 Å². The van der Waals surface area contributed by atoms with Crippen molar-refractivity contribution in [2.75, 3.05) is 52.9 Å². The predicted molar refractivity (Wildman–Crippen MR) is 257 cm³/mol. The number of hydrogen-bond acceptors (Lipinski definition) is 14. The second kappa shape index (κ2) is 24.0. The van der Waals surface area contributed by atoms with Crippen LogP contribution in [0.3, 0.4) is 0 Å². The summed E-state index contributed by atoms with van der Waals surface area (Å²) >= 11 is 0. The highest BCUT2D eigenvalue weighted by Crippen LogP contribution is 2.37. The van der Waals surface area contributed by atoms with Gasteiger partial charge in [0.1, 0.15) is 111 Å². The average molecular weight is 959 g/mol. The Kier molecular flexibility index (Phi) is 16.7. The van der Waals surface area contributed by atoms with Gasteiger partial charge in [0.05, 0.1) is 24.3 Å². The van der Waals surface area contributed by atoms with Crippen molar-refractivity contribution in [3.05, 3.63) is 144 Å². The first-order valence-electron chi connectivity index (χ1n) is 24.5. The van der Waals surface area contributed by atoms with E-state index in [4.69, 9.17) is 47.4 Å². The van der Waals surface area contributed by atoms with Crippen LogP contribution in [-0.4, -0.2) is 112 Å². The zero-order valence-electron chi connectivity index (χ0n) is 39.3. The Balaban J connectivity index is 0.605. The number of aliphatic hydroxyl groups is 2. The lowest BCUT2D eigenvalue weighted by Gasteiger charge is -2.28. The van der Waals surface area contributed by atoms with Gasteiger partial charge in [-0.15, -0.1) is 0 Å². The molecule has 2 heterocycles. The molecule has 4 atom stereocenters. The first kappa shape index (κ1) is 48.7. The van der Waals surface area contributed by atoms with Crippen LogP contribution in [0, 0.1) is 0 Å². The SMILES string of the molecule is O=C(O[C@H]1CC[C@H](c2ccc(OCC(O)COc3ccc(OCC(O)COc4ccc(C(=O)O[C@H]5CC[C@H](c6ccc(OCC7CO7)cc6)CC5)cc4)cc3)cc2)CC1)c1ccc(OCC2CO2)cc1. The number of benzene rings is 5. The molecule has 0 radical (unpaired) electrons. The third-order valence-electron chi connectivity index (χ3n) is 13.0. The Hall–Kier alpha value is -6.32. The van der Waals surface area contributed by atoms with Crippen molar-refractivity contribution in [1.82, 2.24) is 0 Å². The quantitative estimate of drug-likeness (QED) is 0.0444. The molecule has 2 aliphatic carbocycles. The van der Waals surface area contributed by atoms with E-state index < -0.39 is 12.2 Å². The topological polar surface area (TPSA) is 174 Å². The molecule has 0 amide bonds. The first-order valence-corrected chi connectivity index (χ1v) is 24.5. The fourth-order valence-electron chi connectivity index (χ4n) is 8.72. The fourth-order valence-corrected chi connectivity index (χ4v) is 8.72. The van der Waals surface area contributed by atoms with Crippen LogP contribution in [0.5, 0.6) is 34.5 Å². The molecule has 370 valence electrons. The molecule has 2 saturated heterocycles. The van der Waals surface area contributed by atoms with Gasteiger partial charge in [-0.1, -0.05) is 24.3 Å². The van der Waals surface area contributed by atoms with Gasteiger partial charge in [-0.3, -0.25) is 0 Å². The summed E-state index contributed by atoms with van der Waals surface area (Å²) in [6.45, 7) is 2.71. The second-order valence-electron chi connectivity index (χ2n) is 18.5. The van der Waals surface area contributed by atoms with E-state index in [2.05, 4.69) is 24.3 Å². The summed E-state index contributed by atoms with van der Waals surface area (Å²) in [6.07, 6.45) is 5.37. The fraction of sp³-hybridized carbons (Fsp3) is 0.429. The van der Waals surface area contributed by atoms with Crippen LogP contribution in [0.1, 0.15) is 95.0 Å². The Bertz CT molecular complexity index is 2380. The van der Waals surface area contributed by atoms with Gasteiger partial charge in [-0.05, 0) is 171 Å². The van der Waals surface area contributed by atoms with Crippen LogP contribution in [0.4, 0.5) is 0 Å². The molecule has 5 aromatic rings. The van der Waals surface area contributed by atoms with Gasteiger partial charge in [0, 0.05) is 0 Å². The molecule has 2 N–H and O–H groups in total. The standard InChI is InChI=1S/C56H62O14/c57-43(29-61-45-13-1-37(2-14-45)39-5-21-52(22-6-39)70-56(60)42-11-19-48(20-12-42)66-34-54-36-68-54)31-63-49-25-27-50(28-26-49)64-32-44(58)30-62-46-17-9-41(10-18-46)55(59)69-51-23-7-40(8-24-51)38-3-15-47(16-4-38)65-33-53-35-67-53/h1-4,9-20,25-28,39-40,43-44,51-54,57-58H,5-8,21-24,29-36H2/t39-,40-,43?,44?,51-,52-,53?,54?. The van der Waals surface area contributed by atoms with E-state index in [1.807, 2.05) is 24.3 Å². The average Bonchev–Trinajstić information content (AvgIpc) is 4.36. The van der Waals surface area contributed by atoms with E-state index in [9.17, 15) is 19.8 Å². The normalized spacial score (nSPS) is 22.4. The molecule has 5 aromatic carbocycles. The second-order valence-corrected chi connectivity index (χ2v) is 18.5. The molecule has 14 nitrogen and oxygen atoms in total. The molecule has 4 unspecified atom stereocenters. The first-order chi connectivity index (χ1) is 34.2. The lowest BCUT2D eigenvalue weighted by Crippen LogP contribution is -2.25. The maximum absolute atomic E-state index is 12.9. The maximum Gasteiger partial charge on any atom is 0.338 e. The number of rotatable bonds is 24. The number of aliphatic hydroxyl groups excluding tert-OH is 2. The molecule has 2 aliphatic heterocycles. The Morgan fingerprint density at radius 1 is 0.414 bits per heavy atom. The zero-order valence-corrected chi connectivity index (χ0v) is 39.3. The van der Waals surface area contributed by atoms with Crippen molar-refractivity contribution in [3.8, 4) is 34.5 Å². The van der Waals surface area contributed by atoms with Crippen molar-refractivity contribution in [3.63, 3.8) is 0 Å². The Labute approximate surface area is 408 Å². The third kappa shape index (κ3) is 14.8. The van der Waals surface area contributed by atoms with Gasteiger partial charge in [-0.25, -0.2) is 9.59 Å². The molecule has 0 aromatic heterocycles. The maximum atomic E-state index is 12.9. The number of ether oxygens (including phenoxy) is 10. The Morgan fingerprint density at radius 2 is 0.686 bits per heavy atom. The van der Waals surface area contributed by atoms with Crippen LogP contribution in [0.25, 0.3) is 0 Å². The molecule has 70 heavy (non-hydrogen) atoms. The minimum absolute atomic E-state index is 0.00262. The summed E-state index contributed by atoms with van der Waals surface area (Å²) < 4.78 is 56.6. The molecule has 0 bridgehead atoms. The van der Waals surface area contributed by atoms with Crippen LogP contribution in [0.15, 0.2) is 121 Å².